The summed E-state index contributed by atoms with van der Waals surface area (Å²) in [5, 5.41) is 5.57. The third-order valence-electron chi connectivity index (χ3n) is 7.26. The topological polar surface area (TPSA) is 0 Å². The summed E-state index contributed by atoms with van der Waals surface area (Å²) in [5.41, 5.74) is 10.6. The molecular formula is C30H26. The van der Waals surface area contributed by atoms with E-state index in [2.05, 4.69) is 92.7 Å². The third-order valence-corrected chi connectivity index (χ3v) is 7.26. The number of rotatable bonds is 3. The van der Waals surface area contributed by atoms with E-state index in [0.29, 0.717) is 5.92 Å². The minimum Gasteiger partial charge on any atom is -0.0652 e. The van der Waals surface area contributed by atoms with Gasteiger partial charge in [0.25, 0.3) is 0 Å². The van der Waals surface area contributed by atoms with Gasteiger partial charge in [0, 0.05) is 5.92 Å². The molecule has 0 radical (unpaired) electrons. The Bertz CT molecular complexity index is 1380. The number of benzene rings is 4. The molecule has 146 valence electrons. The van der Waals surface area contributed by atoms with Crippen molar-refractivity contribution in [3.05, 3.63) is 106 Å². The Hall–Kier alpha value is -3.12. The lowest BCUT2D eigenvalue weighted by Crippen LogP contribution is -2.00. The molecule has 0 fully saturated rings. The lowest BCUT2D eigenvalue weighted by Gasteiger charge is -2.18. The fourth-order valence-corrected chi connectivity index (χ4v) is 5.83. The highest BCUT2D eigenvalue weighted by molar-refractivity contribution is 5.98. The molecule has 0 heterocycles. The average Bonchev–Trinajstić information content (AvgIpc) is 3.27. The molecule has 0 saturated heterocycles. The fourth-order valence-electron chi connectivity index (χ4n) is 5.83. The Morgan fingerprint density at radius 3 is 2.30 bits per heavy atom. The van der Waals surface area contributed by atoms with Gasteiger partial charge in [-0.2, -0.15) is 0 Å². The van der Waals surface area contributed by atoms with Gasteiger partial charge in [-0.25, -0.2) is 0 Å². The largest absolute Gasteiger partial charge is 0.0652 e. The highest BCUT2D eigenvalue weighted by atomic mass is 14.3. The Morgan fingerprint density at radius 1 is 0.767 bits per heavy atom. The molecule has 0 heteroatoms. The molecule has 30 heavy (non-hydrogen) atoms. The second-order valence-electron chi connectivity index (χ2n) is 9.03. The van der Waals surface area contributed by atoms with E-state index in [4.69, 9.17) is 0 Å². The molecule has 0 nitrogen and oxygen atoms in total. The quantitative estimate of drug-likeness (QED) is 0.332. The third kappa shape index (κ3) is 2.60. The zero-order valence-corrected chi connectivity index (χ0v) is 17.7. The summed E-state index contributed by atoms with van der Waals surface area (Å²) < 4.78 is 0. The lowest BCUT2D eigenvalue weighted by molar-refractivity contribution is 0.738. The molecule has 0 bridgehead atoms. The number of fused-ring (bicyclic) bond motifs is 6. The van der Waals surface area contributed by atoms with Crippen LogP contribution in [0.1, 0.15) is 54.9 Å². The van der Waals surface area contributed by atoms with Crippen molar-refractivity contribution >= 4 is 33.2 Å². The van der Waals surface area contributed by atoms with Crippen LogP contribution in [-0.4, -0.2) is 0 Å². The number of hydrogen-bond donors (Lipinski definition) is 0. The van der Waals surface area contributed by atoms with Crippen LogP contribution in [0.4, 0.5) is 0 Å². The molecule has 0 spiro atoms. The van der Waals surface area contributed by atoms with Gasteiger partial charge in [0.2, 0.25) is 0 Å². The van der Waals surface area contributed by atoms with Crippen LogP contribution in [0.2, 0.25) is 0 Å². The summed E-state index contributed by atoms with van der Waals surface area (Å²) in [6, 6.07) is 27.0. The minimum atomic E-state index is 0.519. The van der Waals surface area contributed by atoms with Gasteiger partial charge in [-0.1, -0.05) is 90.0 Å². The van der Waals surface area contributed by atoms with Gasteiger partial charge >= 0.3 is 0 Å². The van der Waals surface area contributed by atoms with E-state index in [1.165, 1.54) is 50.2 Å². The van der Waals surface area contributed by atoms with Crippen LogP contribution in [0, 0.1) is 0 Å². The highest BCUT2D eigenvalue weighted by Gasteiger charge is 2.27. The van der Waals surface area contributed by atoms with Crippen LogP contribution in [0.25, 0.3) is 33.2 Å². The van der Waals surface area contributed by atoms with Crippen molar-refractivity contribution in [3.63, 3.8) is 0 Å². The van der Waals surface area contributed by atoms with Crippen molar-refractivity contribution in [2.24, 2.45) is 0 Å². The van der Waals surface area contributed by atoms with Crippen LogP contribution >= 0.6 is 0 Å². The van der Waals surface area contributed by atoms with Crippen molar-refractivity contribution in [1.82, 2.24) is 0 Å². The fraction of sp³-hybridized carbons (Fsp3) is 0.200. The standard InChI is InChI=1S/C30H26/c1-19-17-23-13-11-21-7-3-5-9-27(21)29(23)25(19)15-16-26-20(2)18-24-14-12-22-8-4-6-10-28(22)30(24)26/h3-14,17,25H,15-16,18H2,1-2H3. The van der Waals surface area contributed by atoms with Crippen molar-refractivity contribution in [2.75, 3.05) is 0 Å². The molecule has 4 aromatic carbocycles. The highest BCUT2D eigenvalue weighted by Crippen LogP contribution is 2.46. The molecule has 0 saturated carbocycles. The maximum Gasteiger partial charge on any atom is 0.00639 e. The van der Waals surface area contributed by atoms with Crippen LogP contribution in [0.15, 0.2) is 83.9 Å². The maximum absolute atomic E-state index is 2.41. The number of hydrogen-bond acceptors (Lipinski definition) is 0. The Balaban J connectivity index is 1.39. The summed E-state index contributed by atoms with van der Waals surface area (Å²) in [6.07, 6.45) is 5.84. The van der Waals surface area contributed by atoms with E-state index in [9.17, 15) is 0 Å². The first-order valence-electron chi connectivity index (χ1n) is 11.1. The molecule has 0 aliphatic heterocycles. The van der Waals surface area contributed by atoms with Gasteiger partial charge in [-0.15, -0.1) is 0 Å². The summed E-state index contributed by atoms with van der Waals surface area (Å²) in [7, 11) is 0. The SMILES string of the molecule is CC1=Cc2ccc3ccccc3c2C1CCC1=C(C)Cc2ccc3ccccc3c21. The lowest BCUT2D eigenvalue weighted by atomic mass is 9.85. The average molecular weight is 387 g/mol. The molecule has 2 aliphatic rings. The van der Waals surface area contributed by atoms with Crippen molar-refractivity contribution < 1.29 is 0 Å². The summed E-state index contributed by atoms with van der Waals surface area (Å²) in [6.45, 7) is 4.66. The maximum atomic E-state index is 2.41. The van der Waals surface area contributed by atoms with Crippen LogP contribution in [0.5, 0.6) is 0 Å². The minimum absolute atomic E-state index is 0.519. The van der Waals surface area contributed by atoms with E-state index < -0.39 is 0 Å². The zero-order valence-electron chi connectivity index (χ0n) is 17.7. The van der Waals surface area contributed by atoms with E-state index in [1.807, 2.05) is 0 Å². The summed E-state index contributed by atoms with van der Waals surface area (Å²) >= 11 is 0. The van der Waals surface area contributed by atoms with Crippen molar-refractivity contribution in [1.29, 1.82) is 0 Å². The molecule has 1 atom stereocenters. The predicted octanol–water partition coefficient (Wildman–Crippen LogP) is 8.30. The first-order chi connectivity index (χ1) is 14.7. The van der Waals surface area contributed by atoms with E-state index in [-0.39, 0.29) is 0 Å². The van der Waals surface area contributed by atoms with E-state index >= 15 is 0 Å². The zero-order chi connectivity index (χ0) is 20.2. The van der Waals surface area contributed by atoms with Crippen LogP contribution < -0.4 is 0 Å². The van der Waals surface area contributed by atoms with Gasteiger partial charge in [-0.3, -0.25) is 0 Å². The second kappa shape index (κ2) is 6.71. The molecule has 0 amide bonds. The van der Waals surface area contributed by atoms with Crippen LogP contribution in [0.3, 0.4) is 0 Å². The normalized spacial score (nSPS) is 17.5. The smallest absolute Gasteiger partial charge is 0.00639 e. The predicted molar refractivity (Wildman–Crippen MR) is 130 cm³/mol. The van der Waals surface area contributed by atoms with Gasteiger partial charge in [-0.05, 0) is 82.5 Å². The van der Waals surface area contributed by atoms with E-state index in [1.54, 1.807) is 16.7 Å². The Morgan fingerprint density at radius 2 is 1.47 bits per heavy atom. The van der Waals surface area contributed by atoms with Crippen LogP contribution in [-0.2, 0) is 6.42 Å². The molecular weight excluding hydrogens is 360 g/mol. The molecule has 0 aromatic heterocycles. The first kappa shape index (κ1) is 17.7. The Labute approximate surface area is 178 Å². The summed E-state index contributed by atoms with van der Waals surface area (Å²) in [4.78, 5) is 0. The molecule has 4 aromatic rings. The molecule has 6 rings (SSSR count). The summed E-state index contributed by atoms with van der Waals surface area (Å²) in [5.74, 6) is 0.519. The van der Waals surface area contributed by atoms with Gasteiger partial charge in [0.1, 0.15) is 0 Å². The van der Waals surface area contributed by atoms with Gasteiger partial charge in [0.05, 0.1) is 0 Å². The molecule has 2 aliphatic carbocycles. The monoisotopic (exact) mass is 386 g/mol. The van der Waals surface area contributed by atoms with Crippen molar-refractivity contribution in [2.45, 2.75) is 39.0 Å². The van der Waals surface area contributed by atoms with E-state index in [0.717, 1.165) is 12.8 Å². The van der Waals surface area contributed by atoms with Crippen molar-refractivity contribution in [3.8, 4) is 0 Å². The molecule has 1 unspecified atom stereocenters. The van der Waals surface area contributed by atoms with Gasteiger partial charge < -0.3 is 0 Å². The van der Waals surface area contributed by atoms with Gasteiger partial charge in [0.15, 0.2) is 0 Å². The Kier molecular flexibility index (Phi) is 3.96. The first-order valence-corrected chi connectivity index (χ1v) is 11.1. The number of allylic oxidation sites excluding steroid dienone is 3. The second-order valence-corrected chi connectivity index (χ2v) is 9.03. The molecule has 0 N–H and O–H groups in total.